The number of piperazine rings is 1. The van der Waals surface area contributed by atoms with Gasteiger partial charge in [0.2, 0.25) is 10.0 Å². The molecule has 0 spiro atoms. The van der Waals surface area contributed by atoms with Crippen molar-refractivity contribution in [3.05, 3.63) is 58.2 Å². The normalized spacial score (nSPS) is 15.4. The maximum Gasteiger partial charge on any atom is 0.295 e. The number of nitro benzene ring substituents is 1. The molecule has 1 amide bonds. The quantitative estimate of drug-likeness (QED) is 0.449. The standard InChI is InChI=1S/C16H16FN5O5S/c17-11-8-13(15(18)14(9-11)22(24)25)16(23)20-4-6-21(7-5-20)28(26,27)12-2-1-3-19-10-12/h1-3,8-10H,4-7,18H2. The molecule has 1 saturated heterocycles. The molecule has 3 rings (SSSR count). The summed E-state index contributed by atoms with van der Waals surface area (Å²) in [5.74, 6) is -1.65. The molecular formula is C16H16FN5O5S. The first-order valence-electron chi connectivity index (χ1n) is 8.14. The molecule has 1 fully saturated rings. The van der Waals surface area contributed by atoms with Gasteiger partial charge in [0.15, 0.2) is 0 Å². The summed E-state index contributed by atoms with van der Waals surface area (Å²) in [4.78, 5) is 27.9. The molecular weight excluding hydrogens is 393 g/mol. The Morgan fingerprint density at radius 3 is 2.50 bits per heavy atom. The average Bonchev–Trinajstić information content (AvgIpc) is 2.69. The average molecular weight is 409 g/mol. The lowest BCUT2D eigenvalue weighted by atomic mass is 10.1. The van der Waals surface area contributed by atoms with E-state index >= 15 is 0 Å². The minimum atomic E-state index is -3.75. The van der Waals surface area contributed by atoms with Crippen molar-refractivity contribution >= 4 is 27.3 Å². The van der Waals surface area contributed by atoms with Gasteiger partial charge in [-0.1, -0.05) is 0 Å². The Bertz CT molecular complexity index is 1020. The number of hydrogen-bond donors (Lipinski definition) is 1. The smallest absolute Gasteiger partial charge is 0.295 e. The van der Waals surface area contributed by atoms with Crippen LogP contribution >= 0.6 is 0 Å². The van der Waals surface area contributed by atoms with Gasteiger partial charge in [0.1, 0.15) is 16.4 Å². The van der Waals surface area contributed by atoms with Crippen molar-refractivity contribution in [2.24, 2.45) is 0 Å². The van der Waals surface area contributed by atoms with Gasteiger partial charge in [-0.3, -0.25) is 19.9 Å². The number of hydrogen-bond acceptors (Lipinski definition) is 7. The van der Waals surface area contributed by atoms with Crippen molar-refractivity contribution in [1.82, 2.24) is 14.2 Å². The predicted molar refractivity (Wildman–Crippen MR) is 96.4 cm³/mol. The molecule has 10 nitrogen and oxygen atoms in total. The van der Waals surface area contributed by atoms with Crippen molar-refractivity contribution in [1.29, 1.82) is 0 Å². The minimum Gasteiger partial charge on any atom is -0.393 e. The number of aromatic nitrogens is 1. The molecule has 12 heteroatoms. The topological polar surface area (TPSA) is 140 Å². The van der Waals surface area contributed by atoms with Crippen molar-refractivity contribution < 1.29 is 22.5 Å². The fraction of sp³-hybridized carbons (Fsp3) is 0.250. The van der Waals surface area contributed by atoms with E-state index in [2.05, 4.69) is 4.98 Å². The highest BCUT2D eigenvalue weighted by atomic mass is 32.2. The van der Waals surface area contributed by atoms with Crippen LogP contribution in [0.2, 0.25) is 0 Å². The lowest BCUT2D eigenvalue weighted by Crippen LogP contribution is -2.50. The zero-order valence-electron chi connectivity index (χ0n) is 14.5. The molecule has 1 aromatic carbocycles. The molecule has 0 aliphatic carbocycles. The highest BCUT2D eigenvalue weighted by Crippen LogP contribution is 2.28. The summed E-state index contributed by atoms with van der Waals surface area (Å²) in [5, 5.41) is 11.0. The van der Waals surface area contributed by atoms with Gasteiger partial charge in [0, 0.05) is 38.6 Å². The molecule has 148 valence electrons. The Hall–Kier alpha value is -3.12. The number of sulfonamides is 1. The van der Waals surface area contributed by atoms with Crippen molar-refractivity contribution in [2.45, 2.75) is 4.90 Å². The molecule has 1 aromatic heterocycles. The third kappa shape index (κ3) is 3.64. The van der Waals surface area contributed by atoms with Gasteiger partial charge in [-0.15, -0.1) is 0 Å². The number of carbonyl (C=O) groups is 1. The number of rotatable bonds is 4. The number of nitrogens with zero attached hydrogens (tertiary/aromatic N) is 4. The van der Waals surface area contributed by atoms with E-state index < -0.39 is 38.0 Å². The molecule has 2 aromatic rings. The van der Waals surface area contributed by atoms with E-state index in [1.165, 1.54) is 33.7 Å². The highest BCUT2D eigenvalue weighted by molar-refractivity contribution is 7.89. The Morgan fingerprint density at radius 2 is 1.93 bits per heavy atom. The van der Waals surface area contributed by atoms with E-state index in [1.54, 1.807) is 0 Å². The van der Waals surface area contributed by atoms with Crippen LogP contribution in [-0.2, 0) is 10.0 Å². The first-order chi connectivity index (χ1) is 13.2. The maximum absolute atomic E-state index is 13.7. The Morgan fingerprint density at radius 1 is 1.25 bits per heavy atom. The summed E-state index contributed by atoms with van der Waals surface area (Å²) in [6.07, 6.45) is 2.69. The number of anilines is 1. The molecule has 2 heterocycles. The lowest BCUT2D eigenvalue weighted by molar-refractivity contribution is -0.384. The molecule has 0 unspecified atom stereocenters. The summed E-state index contributed by atoms with van der Waals surface area (Å²) in [6, 6.07) is 4.41. The van der Waals surface area contributed by atoms with Gasteiger partial charge in [0.05, 0.1) is 16.6 Å². The van der Waals surface area contributed by atoms with Crippen molar-refractivity contribution in [3.63, 3.8) is 0 Å². The molecule has 1 aliphatic rings. The second-order valence-electron chi connectivity index (χ2n) is 6.03. The zero-order valence-corrected chi connectivity index (χ0v) is 15.3. The largest absolute Gasteiger partial charge is 0.393 e. The second kappa shape index (κ2) is 7.48. The fourth-order valence-electron chi connectivity index (χ4n) is 2.88. The Labute approximate surface area is 159 Å². The van der Waals surface area contributed by atoms with Crippen LogP contribution in [0.25, 0.3) is 0 Å². The van der Waals surface area contributed by atoms with E-state index in [4.69, 9.17) is 5.73 Å². The summed E-state index contributed by atoms with van der Waals surface area (Å²) >= 11 is 0. The number of nitrogens with two attached hydrogens (primary N) is 1. The highest BCUT2D eigenvalue weighted by Gasteiger charge is 2.32. The van der Waals surface area contributed by atoms with Crippen LogP contribution in [-0.4, -0.2) is 59.6 Å². The molecule has 1 aliphatic heterocycles. The van der Waals surface area contributed by atoms with E-state index in [1.807, 2.05) is 0 Å². The number of pyridine rings is 1. The molecule has 28 heavy (non-hydrogen) atoms. The minimum absolute atomic E-state index is 0.0142. The monoisotopic (exact) mass is 409 g/mol. The molecule has 0 radical (unpaired) electrons. The second-order valence-corrected chi connectivity index (χ2v) is 7.97. The number of amides is 1. The third-order valence-corrected chi connectivity index (χ3v) is 6.23. The van der Waals surface area contributed by atoms with Gasteiger partial charge in [-0.2, -0.15) is 4.31 Å². The van der Waals surface area contributed by atoms with Gasteiger partial charge in [-0.05, 0) is 18.2 Å². The number of halogens is 1. The van der Waals surface area contributed by atoms with Crippen LogP contribution < -0.4 is 5.73 Å². The number of carbonyl (C=O) groups excluding carboxylic acids is 1. The number of nitro groups is 1. The Balaban J connectivity index is 1.77. The predicted octanol–water partition coefficient (Wildman–Crippen LogP) is 0.858. The van der Waals surface area contributed by atoms with Crippen molar-refractivity contribution in [3.8, 4) is 0 Å². The summed E-state index contributed by atoms with van der Waals surface area (Å²) in [7, 11) is -3.75. The molecule has 0 bridgehead atoms. The van der Waals surface area contributed by atoms with Gasteiger partial charge >= 0.3 is 0 Å². The summed E-state index contributed by atoms with van der Waals surface area (Å²) < 4.78 is 40.1. The molecule has 0 atom stereocenters. The van der Waals surface area contributed by atoms with E-state index in [0.717, 1.165) is 6.07 Å². The van der Waals surface area contributed by atoms with Crippen LogP contribution in [0.1, 0.15) is 10.4 Å². The SMILES string of the molecule is Nc1c(C(=O)N2CCN(S(=O)(=O)c3cccnc3)CC2)cc(F)cc1[N+](=O)[O-]. The molecule has 2 N–H and O–H groups in total. The van der Waals surface area contributed by atoms with Crippen molar-refractivity contribution in [2.75, 3.05) is 31.9 Å². The van der Waals surface area contributed by atoms with Crippen LogP contribution in [0.15, 0.2) is 41.6 Å². The van der Waals surface area contributed by atoms with Crippen LogP contribution in [0.4, 0.5) is 15.8 Å². The summed E-state index contributed by atoms with van der Waals surface area (Å²) in [5.41, 5.74) is 4.22. The van der Waals surface area contributed by atoms with Gasteiger partial charge in [-0.25, -0.2) is 12.8 Å². The Kier molecular flexibility index (Phi) is 5.25. The van der Waals surface area contributed by atoms with E-state index in [0.29, 0.717) is 6.07 Å². The number of nitrogen functional groups attached to an aromatic ring is 1. The van der Waals surface area contributed by atoms with E-state index in [-0.39, 0.29) is 36.6 Å². The van der Waals surface area contributed by atoms with Crippen LogP contribution in [0.5, 0.6) is 0 Å². The van der Waals surface area contributed by atoms with Gasteiger partial charge in [0.25, 0.3) is 11.6 Å². The third-order valence-electron chi connectivity index (χ3n) is 4.35. The molecule has 0 saturated carbocycles. The van der Waals surface area contributed by atoms with E-state index in [9.17, 15) is 27.7 Å². The van der Waals surface area contributed by atoms with Crippen LogP contribution in [0.3, 0.4) is 0 Å². The number of benzene rings is 1. The first-order valence-corrected chi connectivity index (χ1v) is 9.58. The van der Waals surface area contributed by atoms with Crippen LogP contribution in [0, 0.1) is 15.9 Å². The van der Waals surface area contributed by atoms with Gasteiger partial charge < -0.3 is 10.6 Å². The first kappa shape index (κ1) is 19.6. The maximum atomic E-state index is 13.7. The fourth-order valence-corrected chi connectivity index (χ4v) is 4.27. The lowest BCUT2D eigenvalue weighted by Gasteiger charge is -2.34. The summed E-state index contributed by atoms with van der Waals surface area (Å²) in [6.45, 7) is 0.0880. The zero-order chi connectivity index (χ0) is 20.5.